The van der Waals surface area contributed by atoms with Crippen LogP contribution in [0.3, 0.4) is 0 Å². The molecule has 0 aliphatic carbocycles. The van der Waals surface area contributed by atoms with Gasteiger partial charge in [-0.3, -0.25) is 24.1 Å². The summed E-state index contributed by atoms with van der Waals surface area (Å²) in [5.41, 5.74) is 1.72. The third-order valence-electron chi connectivity index (χ3n) is 14.0. The van der Waals surface area contributed by atoms with Crippen LogP contribution in [0.15, 0.2) is 11.6 Å². The molecule has 4 rings (SSSR count). The SMILES string of the molecule is CC(=O)O[C@H]1CC[C@@H](CCCCCCCCCCC2=CC(CCCCCCCCCC[C@@H]3CC[C@H](OC(C)=O)[C@H](C)N3C(C)=O)C3CCCN3C2)N(C(C)=O)[C@H]1C. The molecule has 2 unspecified atom stereocenters. The molecule has 3 fully saturated rings. The second-order valence-electron chi connectivity index (χ2n) is 18.5. The fourth-order valence-corrected chi connectivity index (χ4v) is 11.2. The van der Waals surface area contributed by atoms with E-state index < -0.39 is 0 Å². The third-order valence-corrected chi connectivity index (χ3v) is 14.0. The first-order chi connectivity index (χ1) is 27.5. The van der Waals surface area contributed by atoms with Crippen molar-refractivity contribution in [3.63, 3.8) is 0 Å². The predicted molar refractivity (Wildman–Crippen MR) is 230 cm³/mol. The van der Waals surface area contributed by atoms with Crippen LogP contribution >= 0.6 is 0 Å². The van der Waals surface area contributed by atoms with Crippen molar-refractivity contribution in [1.82, 2.24) is 14.7 Å². The number of ether oxygens (including phenoxy) is 2. The highest BCUT2D eigenvalue weighted by molar-refractivity contribution is 5.75. The van der Waals surface area contributed by atoms with Crippen LogP contribution in [0.2, 0.25) is 0 Å². The van der Waals surface area contributed by atoms with E-state index in [0.29, 0.717) is 0 Å². The summed E-state index contributed by atoms with van der Waals surface area (Å²) in [6, 6.07) is 1.26. The smallest absolute Gasteiger partial charge is 0.302 e. The van der Waals surface area contributed by atoms with E-state index in [9.17, 15) is 19.2 Å². The van der Waals surface area contributed by atoms with E-state index in [1.165, 1.54) is 155 Å². The first-order valence-corrected chi connectivity index (χ1v) is 23.8. The van der Waals surface area contributed by atoms with Gasteiger partial charge in [-0.25, -0.2) is 0 Å². The van der Waals surface area contributed by atoms with Crippen molar-refractivity contribution in [3.05, 3.63) is 11.6 Å². The summed E-state index contributed by atoms with van der Waals surface area (Å²) < 4.78 is 11.0. The Kier molecular flexibility index (Phi) is 20.9. The van der Waals surface area contributed by atoms with E-state index in [1.54, 1.807) is 19.4 Å². The Morgan fingerprint density at radius 2 is 0.982 bits per heavy atom. The molecule has 4 aliphatic rings. The van der Waals surface area contributed by atoms with E-state index in [0.717, 1.165) is 50.5 Å². The average Bonchev–Trinajstić information content (AvgIpc) is 3.63. The maximum atomic E-state index is 12.4. The van der Waals surface area contributed by atoms with Crippen molar-refractivity contribution in [2.45, 2.75) is 251 Å². The predicted octanol–water partition coefficient (Wildman–Crippen LogP) is 10.5. The molecule has 9 heteroatoms. The fourth-order valence-electron chi connectivity index (χ4n) is 11.2. The van der Waals surface area contributed by atoms with Crippen molar-refractivity contribution in [2.75, 3.05) is 13.1 Å². The molecule has 0 aromatic rings. The highest BCUT2D eigenvalue weighted by Crippen LogP contribution is 2.35. The highest BCUT2D eigenvalue weighted by Gasteiger charge is 2.39. The molecular weight excluding hydrogens is 715 g/mol. The molecule has 2 amide bonds. The summed E-state index contributed by atoms with van der Waals surface area (Å²) in [6.07, 6.45) is 34.2. The van der Waals surface area contributed by atoms with Gasteiger partial charge in [-0.15, -0.1) is 0 Å². The summed E-state index contributed by atoms with van der Waals surface area (Å²) in [6.45, 7) is 12.8. The number of likely N-dealkylation sites (tertiary alicyclic amines) is 2. The number of unbranched alkanes of at least 4 members (excludes halogenated alkanes) is 14. The lowest BCUT2D eigenvalue weighted by Gasteiger charge is -2.44. The van der Waals surface area contributed by atoms with Crippen molar-refractivity contribution >= 4 is 23.8 Å². The molecule has 0 saturated carbocycles. The number of hydrogen-bond donors (Lipinski definition) is 0. The number of piperidine rings is 2. The molecule has 4 heterocycles. The molecule has 9 nitrogen and oxygen atoms in total. The normalized spacial score (nSPS) is 27.9. The Morgan fingerprint density at radius 3 is 1.42 bits per heavy atom. The van der Waals surface area contributed by atoms with Gasteiger partial charge in [-0.1, -0.05) is 108 Å². The van der Waals surface area contributed by atoms with Gasteiger partial charge in [0.2, 0.25) is 11.8 Å². The molecule has 4 aliphatic heterocycles. The number of rotatable bonds is 24. The van der Waals surface area contributed by atoms with Gasteiger partial charge in [0, 0.05) is 52.4 Å². The number of hydrogen-bond acceptors (Lipinski definition) is 7. The van der Waals surface area contributed by atoms with Crippen LogP contribution < -0.4 is 0 Å². The molecule has 0 bridgehead atoms. The van der Waals surface area contributed by atoms with E-state index >= 15 is 0 Å². The van der Waals surface area contributed by atoms with Crippen LogP contribution in [-0.4, -0.2) is 94.0 Å². The molecule has 8 atom stereocenters. The van der Waals surface area contributed by atoms with Crippen molar-refractivity contribution in [1.29, 1.82) is 0 Å². The van der Waals surface area contributed by atoms with Gasteiger partial charge in [0.15, 0.2) is 0 Å². The molecule has 57 heavy (non-hydrogen) atoms. The summed E-state index contributed by atoms with van der Waals surface area (Å²) in [5.74, 6) is 0.438. The Labute approximate surface area is 347 Å². The van der Waals surface area contributed by atoms with Crippen molar-refractivity contribution in [3.8, 4) is 0 Å². The Hall–Kier alpha value is -2.42. The molecular formula is C48H83N3O6. The zero-order chi connectivity index (χ0) is 41.2. The van der Waals surface area contributed by atoms with Gasteiger partial charge in [0.05, 0.1) is 12.1 Å². The second-order valence-corrected chi connectivity index (χ2v) is 18.5. The zero-order valence-electron chi connectivity index (χ0n) is 37.3. The van der Waals surface area contributed by atoms with Gasteiger partial charge < -0.3 is 19.3 Å². The Bertz CT molecular complexity index is 1270. The van der Waals surface area contributed by atoms with Gasteiger partial charge in [-0.05, 0) is 96.9 Å². The minimum Gasteiger partial charge on any atom is -0.460 e. The number of carbonyl (C=O) groups excluding carboxylic acids is 4. The number of esters is 2. The molecule has 0 spiro atoms. The number of amides is 2. The topological polar surface area (TPSA) is 96.5 Å². The van der Waals surface area contributed by atoms with E-state index in [4.69, 9.17) is 9.47 Å². The van der Waals surface area contributed by atoms with Gasteiger partial charge in [0.25, 0.3) is 0 Å². The van der Waals surface area contributed by atoms with Crippen LogP contribution in [0, 0.1) is 5.92 Å². The van der Waals surface area contributed by atoms with Crippen LogP contribution in [0.25, 0.3) is 0 Å². The minimum atomic E-state index is -0.257. The largest absolute Gasteiger partial charge is 0.460 e. The van der Waals surface area contributed by atoms with Gasteiger partial charge in [0.1, 0.15) is 12.2 Å². The molecule has 0 radical (unpaired) electrons. The Morgan fingerprint density at radius 1 is 0.561 bits per heavy atom. The lowest BCUT2D eigenvalue weighted by Crippen LogP contribution is -2.55. The third kappa shape index (κ3) is 15.6. The van der Waals surface area contributed by atoms with E-state index in [-0.39, 0.29) is 60.1 Å². The van der Waals surface area contributed by atoms with Crippen molar-refractivity contribution in [2.24, 2.45) is 5.92 Å². The molecule has 0 aromatic carbocycles. The van der Waals surface area contributed by atoms with E-state index in [1.807, 2.05) is 23.6 Å². The van der Waals surface area contributed by atoms with Gasteiger partial charge in [-0.2, -0.15) is 0 Å². The summed E-state index contributed by atoms with van der Waals surface area (Å²) in [7, 11) is 0. The van der Waals surface area contributed by atoms with Crippen molar-refractivity contribution < 1.29 is 28.7 Å². The van der Waals surface area contributed by atoms with Crippen LogP contribution in [-0.2, 0) is 28.7 Å². The monoisotopic (exact) mass is 798 g/mol. The zero-order valence-corrected chi connectivity index (χ0v) is 37.3. The first-order valence-electron chi connectivity index (χ1n) is 23.8. The molecule has 3 saturated heterocycles. The number of fused-ring (bicyclic) bond motifs is 1. The molecule has 326 valence electrons. The second kappa shape index (κ2) is 25.3. The van der Waals surface area contributed by atoms with Crippen LogP contribution in [0.4, 0.5) is 0 Å². The molecule has 0 N–H and O–H groups in total. The quantitative estimate of drug-likeness (QED) is 0.0545. The summed E-state index contributed by atoms with van der Waals surface area (Å²) in [5, 5.41) is 0. The summed E-state index contributed by atoms with van der Waals surface area (Å²) >= 11 is 0. The van der Waals surface area contributed by atoms with Crippen LogP contribution in [0.1, 0.15) is 208 Å². The first kappa shape index (κ1) is 47.3. The lowest BCUT2D eigenvalue weighted by molar-refractivity contribution is -0.159. The highest BCUT2D eigenvalue weighted by atomic mass is 16.5. The maximum Gasteiger partial charge on any atom is 0.302 e. The summed E-state index contributed by atoms with van der Waals surface area (Å²) in [4.78, 5) is 54.6. The van der Waals surface area contributed by atoms with E-state index in [2.05, 4.69) is 11.0 Å². The lowest BCUT2D eigenvalue weighted by atomic mass is 9.85. The number of nitrogens with zero attached hydrogens (tertiary/aromatic N) is 3. The minimum absolute atomic E-state index is 0.0426. The average molecular weight is 798 g/mol. The standard InChI is InChI=1S/C48H83N3O6/c1-36-47(56-40(5)54)31-29-44(50(36)38(3)52)26-21-17-13-9-7-11-15-19-24-42-34-43(46-28-23-33-49(46)35-42)25-20-16-12-8-10-14-18-22-27-45-30-32-48(57-41(6)55)37(2)51(45)39(4)53/h34,36-37,43-48H,7-33,35H2,1-6H3/t36-,37-,43?,44+,45+,46?,47-,48-/m0/s1. The molecule has 0 aromatic heterocycles. The van der Waals surface area contributed by atoms with Crippen LogP contribution in [0.5, 0.6) is 0 Å². The Balaban J connectivity index is 1.01. The fraction of sp³-hybridized carbons (Fsp3) is 0.875. The number of carbonyl (C=O) groups is 4. The van der Waals surface area contributed by atoms with Gasteiger partial charge >= 0.3 is 11.9 Å². The maximum absolute atomic E-state index is 12.4.